The monoisotopic (exact) mass is 1050 g/mol. The number of thiophene rings is 2. The van der Waals surface area contributed by atoms with Crippen molar-refractivity contribution in [3.8, 4) is 22.3 Å². The molecule has 0 aliphatic heterocycles. The lowest BCUT2D eigenvalue weighted by atomic mass is 9.66. The number of fused-ring (bicyclic) bond motifs is 26. The Kier molecular flexibility index (Phi) is 9.15. The summed E-state index contributed by atoms with van der Waals surface area (Å²) < 4.78 is 5.26. The van der Waals surface area contributed by atoms with Gasteiger partial charge in [-0.05, 0) is 175 Å². The highest BCUT2D eigenvalue weighted by molar-refractivity contribution is 7.26. The van der Waals surface area contributed by atoms with Crippen LogP contribution in [-0.2, 0) is 10.8 Å². The molecule has 4 heteroatoms. The Hall–Kier alpha value is -9.58. The fourth-order valence-electron chi connectivity index (χ4n) is 15.2. The van der Waals surface area contributed by atoms with Crippen molar-refractivity contribution in [2.45, 2.75) is 10.8 Å². The standard InChI is InChI=1S/C76H46N2S2/c1-5-21-47(22-6-1)77(48-23-7-2-8-24-48)51-37-39-55-63(45-51)75(59-33-17-13-29-53(59)69-61(75)41-43-67-71(69)57-31-15-19-35-65(57)79-67)74-56-40-38-52(78(49-25-9-3-10-26-49)50-27-11-4-12-28-50)46-64(56)76(73(55)74)60-34-18-14-30-54(60)70-62(76)42-44-68-72(70)58-32-16-20-36-66(58)80-68/h1-46H. The molecule has 2 atom stereocenters. The van der Waals surface area contributed by atoms with Gasteiger partial charge < -0.3 is 9.80 Å². The zero-order chi connectivity index (χ0) is 52.3. The number of hydrogen-bond donors (Lipinski definition) is 0. The summed E-state index contributed by atoms with van der Waals surface area (Å²) in [5.74, 6) is 0. The average molecular weight is 1050 g/mol. The number of para-hydroxylation sites is 4. The van der Waals surface area contributed by atoms with Crippen molar-refractivity contribution < 1.29 is 0 Å². The second-order valence-electron chi connectivity index (χ2n) is 21.7. The van der Waals surface area contributed by atoms with E-state index in [1.807, 2.05) is 22.7 Å². The van der Waals surface area contributed by atoms with Crippen LogP contribution in [-0.4, -0.2) is 0 Å². The predicted octanol–water partition coefficient (Wildman–Crippen LogP) is 20.9. The molecule has 2 heterocycles. The van der Waals surface area contributed by atoms with E-state index in [2.05, 4.69) is 289 Å². The molecule has 0 amide bonds. The number of benzene rings is 12. The van der Waals surface area contributed by atoms with Gasteiger partial charge in [0.25, 0.3) is 0 Å². The maximum absolute atomic E-state index is 2.58. The molecule has 14 aromatic rings. The lowest BCUT2D eigenvalue weighted by Gasteiger charge is -2.36. The van der Waals surface area contributed by atoms with E-state index >= 15 is 0 Å². The van der Waals surface area contributed by atoms with Crippen LogP contribution in [0.1, 0.15) is 44.5 Å². The molecule has 0 bridgehead atoms. The zero-order valence-electron chi connectivity index (χ0n) is 43.3. The Morgan fingerprint density at radius 2 is 0.588 bits per heavy atom. The summed E-state index contributed by atoms with van der Waals surface area (Å²) in [5.41, 5.74) is 23.9. The summed E-state index contributed by atoms with van der Waals surface area (Å²) >= 11 is 3.82. The summed E-state index contributed by atoms with van der Waals surface area (Å²) in [6.07, 6.45) is 0. The molecule has 2 spiro atoms. The molecule has 0 radical (unpaired) electrons. The topological polar surface area (TPSA) is 6.48 Å². The van der Waals surface area contributed by atoms with Gasteiger partial charge in [0.15, 0.2) is 0 Å². The Morgan fingerprint density at radius 1 is 0.237 bits per heavy atom. The first-order valence-corrected chi connectivity index (χ1v) is 29.3. The maximum atomic E-state index is 2.58. The van der Waals surface area contributed by atoms with Crippen LogP contribution >= 0.6 is 22.7 Å². The smallest absolute Gasteiger partial charge is 0.0729 e. The van der Waals surface area contributed by atoms with Crippen molar-refractivity contribution in [2.75, 3.05) is 9.80 Å². The molecule has 0 saturated heterocycles. The van der Waals surface area contributed by atoms with Crippen LogP contribution in [0, 0.1) is 0 Å². The highest BCUT2D eigenvalue weighted by Gasteiger charge is 2.64. The Morgan fingerprint density at radius 3 is 0.988 bits per heavy atom. The van der Waals surface area contributed by atoms with Crippen LogP contribution in [0.3, 0.4) is 0 Å². The van der Waals surface area contributed by atoms with Gasteiger partial charge in [0.2, 0.25) is 0 Å². The van der Waals surface area contributed by atoms with Crippen molar-refractivity contribution in [1.29, 1.82) is 0 Å². The molecule has 0 N–H and O–H groups in total. The summed E-state index contributed by atoms with van der Waals surface area (Å²) in [5, 5.41) is 5.33. The minimum Gasteiger partial charge on any atom is -0.310 e. The van der Waals surface area contributed by atoms with E-state index in [0.29, 0.717) is 0 Å². The number of allylic oxidation sites excluding steroid dienone is 2. The van der Waals surface area contributed by atoms with Crippen molar-refractivity contribution in [3.63, 3.8) is 0 Å². The third-order valence-electron chi connectivity index (χ3n) is 18.0. The molecule has 372 valence electrons. The zero-order valence-corrected chi connectivity index (χ0v) is 44.9. The summed E-state index contributed by atoms with van der Waals surface area (Å²) in [7, 11) is 0. The van der Waals surface area contributed by atoms with Gasteiger partial charge in [0.1, 0.15) is 0 Å². The summed E-state index contributed by atoms with van der Waals surface area (Å²) in [6.45, 7) is 0. The molecule has 4 aliphatic rings. The Bertz CT molecular complexity index is 4570. The number of hydrogen-bond acceptors (Lipinski definition) is 4. The molecule has 2 nitrogen and oxygen atoms in total. The van der Waals surface area contributed by atoms with E-state index in [-0.39, 0.29) is 0 Å². The summed E-state index contributed by atoms with van der Waals surface area (Å²) in [6, 6.07) is 106. The molecule has 18 rings (SSSR count). The first-order valence-electron chi connectivity index (χ1n) is 27.7. The lowest BCUT2D eigenvalue weighted by Crippen LogP contribution is -2.29. The minimum atomic E-state index is -0.724. The second-order valence-corrected chi connectivity index (χ2v) is 23.9. The van der Waals surface area contributed by atoms with Gasteiger partial charge in [0, 0.05) is 74.5 Å². The van der Waals surface area contributed by atoms with E-state index in [4.69, 9.17) is 0 Å². The van der Waals surface area contributed by atoms with E-state index < -0.39 is 10.8 Å². The number of nitrogens with zero attached hydrogens (tertiary/aromatic N) is 2. The number of anilines is 6. The highest BCUT2D eigenvalue weighted by Crippen LogP contribution is 2.76. The van der Waals surface area contributed by atoms with Crippen LogP contribution in [0.15, 0.2) is 279 Å². The molecule has 2 unspecified atom stereocenters. The van der Waals surface area contributed by atoms with Crippen molar-refractivity contribution in [1.82, 2.24) is 0 Å². The molecule has 4 aliphatic carbocycles. The van der Waals surface area contributed by atoms with Gasteiger partial charge in [-0.1, -0.05) is 182 Å². The maximum Gasteiger partial charge on any atom is 0.0729 e. The molecule has 0 fully saturated rings. The predicted molar refractivity (Wildman–Crippen MR) is 338 cm³/mol. The molecule has 2 aromatic heterocycles. The lowest BCUT2D eigenvalue weighted by molar-refractivity contribution is 0.827. The summed E-state index contributed by atoms with van der Waals surface area (Å²) in [4.78, 5) is 4.90. The third-order valence-corrected chi connectivity index (χ3v) is 20.3. The van der Waals surface area contributed by atoms with Gasteiger partial charge in [0.05, 0.1) is 10.8 Å². The SMILES string of the molecule is c1ccc(N(c2ccccc2)c2ccc3c(c2)C2(C4=C3C3(c5cc(N(c6ccccc6)c6ccccc6)ccc54)c4ccccc4-c4c3ccc3sc5ccccc5c43)c3ccccc3-c3c2ccc2sc4ccccc4c32)cc1. The fourth-order valence-corrected chi connectivity index (χ4v) is 17.4. The number of rotatable bonds is 6. The quantitative estimate of drug-likeness (QED) is 0.164. The van der Waals surface area contributed by atoms with Crippen molar-refractivity contribution >= 4 is 108 Å². The molecule has 80 heavy (non-hydrogen) atoms. The van der Waals surface area contributed by atoms with Gasteiger partial charge in [-0.2, -0.15) is 0 Å². The van der Waals surface area contributed by atoms with Crippen molar-refractivity contribution in [2.24, 2.45) is 0 Å². The first kappa shape index (κ1) is 44.4. The van der Waals surface area contributed by atoms with E-state index in [0.717, 1.165) is 34.1 Å². The highest BCUT2D eigenvalue weighted by atomic mass is 32.1. The van der Waals surface area contributed by atoms with Crippen LogP contribution in [0.25, 0.3) is 73.7 Å². The average Bonchev–Trinajstić information content (AvgIpc) is 2.52. The van der Waals surface area contributed by atoms with Crippen LogP contribution in [0.5, 0.6) is 0 Å². The van der Waals surface area contributed by atoms with E-state index in [9.17, 15) is 0 Å². The molecule has 12 aromatic carbocycles. The van der Waals surface area contributed by atoms with E-state index in [1.54, 1.807) is 0 Å². The fraction of sp³-hybridized carbons (Fsp3) is 0.0263. The Balaban J connectivity index is 1.03. The molecular formula is C76H46N2S2. The van der Waals surface area contributed by atoms with Crippen LogP contribution in [0.2, 0.25) is 0 Å². The minimum absolute atomic E-state index is 0.724. The van der Waals surface area contributed by atoms with Crippen molar-refractivity contribution in [3.05, 3.63) is 324 Å². The van der Waals surface area contributed by atoms with Gasteiger partial charge in [-0.15, -0.1) is 22.7 Å². The molecular weight excluding hydrogens is 1000 g/mol. The second kappa shape index (κ2) is 16.5. The first-order chi connectivity index (χ1) is 39.7. The largest absolute Gasteiger partial charge is 0.310 e. The van der Waals surface area contributed by atoms with Crippen LogP contribution in [0.4, 0.5) is 34.1 Å². The third kappa shape index (κ3) is 5.66. The Labute approximate surface area is 471 Å². The normalized spacial score (nSPS) is 16.8. The van der Waals surface area contributed by atoms with Gasteiger partial charge in [-0.25, -0.2) is 0 Å². The van der Waals surface area contributed by atoms with Gasteiger partial charge >= 0.3 is 0 Å². The van der Waals surface area contributed by atoms with E-state index in [1.165, 1.54) is 118 Å². The molecule has 0 saturated carbocycles. The van der Waals surface area contributed by atoms with Crippen LogP contribution < -0.4 is 9.80 Å². The van der Waals surface area contributed by atoms with Gasteiger partial charge in [-0.3, -0.25) is 0 Å².